The predicted molar refractivity (Wildman–Crippen MR) is 117 cm³/mol. The molecule has 0 aromatic rings. The molecule has 32 heavy (non-hydrogen) atoms. The number of allylic oxidation sites excluding steroid dienone is 4. The second-order valence-corrected chi connectivity index (χ2v) is 9.46. The molecule has 6 heteroatoms. The third-order valence-electron chi connectivity index (χ3n) is 7.35. The summed E-state index contributed by atoms with van der Waals surface area (Å²) in [6.07, 6.45) is 20.7. The van der Waals surface area contributed by atoms with Crippen molar-refractivity contribution in [2.75, 3.05) is 0 Å². The van der Waals surface area contributed by atoms with Gasteiger partial charge in [-0.15, -0.1) is 0 Å². The Labute approximate surface area is 187 Å². The first-order valence-electron chi connectivity index (χ1n) is 11.2. The Bertz CT molecular complexity index is 943. The van der Waals surface area contributed by atoms with Crippen LogP contribution in [0, 0.1) is 23.7 Å². The van der Waals surface area contributed by atoms with Gasteiger partial charge < -0.3 is 19.7 Å². The van der Waals surface area contributed by atoms with Crippen molar-refractivity contribution in [3.05, 3.63) is 71.9 Å². The number of esters is 2. The minimum absolute atomic E-state index is 0.215. The summed E-state index contributed by atoms with van der Waals surface area (Å²) in [7, 11) is 0. The van der Waals surface area contributed by atoms with E-state index in [2.05, 4.69) is 36.5 Å². The van der Waals surface area contributed by atoms with Crippen LogP contribution < -0.4 is 0 Å². The molecule has 168 valence electrons. The van der Waals surface area contributed by atoms with E-state index in [9.17, 15) is 19.8 Å². The summed E-state index contributed by atoms with van der Waals surface area (Å²) in [6.45, 7) is 3.18. The number of rotatable bonds is 2. The van der Waals surface area contributed by atoms with Crippen molar-refractivity contribution >= 4 is 11.9 Å². The molecule has 2 heterocycles. The van der Waals surface area contributed by atoms with Gasteiger partial charge in [-0.1, -0.05) is 36.5 Å². The van der Waals surface area contributed by atoms with Gasteiger partial charge in [0.15, 0.2) is 11.2 Å². The summed E-state index contributed by atoms with van der Waals surface area (Å²) in [4.78, 5) is 23.3. The molecule has 4 aliphatic carbocycles. The predicted octanol–water partition coefficient (Wildman–Crippen LogP) is 2.70. The van der Waals surface area contributed by atoms with Gasteiger partial charge in [-0.05, 0) is 62.8 Å². The Hall–Kier alpha value is -2.70. The lowest BCUT2D eigenvalue weighted by molar-refractivity contribution is -0.147. The van der Waals surface area contributed by atoms with Crippen LogP contribution in [0.5, 0.6) is 0 Å². The molecule has 0 saturated heterocycles. The zero-order valence-corrected chi connectivity index (χ0v) is 18.2. The molecule has 2 N–H and O–H groups in total. The van der Waals surface area contributed by atoms with Crippen molar-refractivity contribution in [2.24, 2.45) is 23.7 Å². The lowest BCUT2D eigenvalue weighted by Crippen LogP contribution is -2.32. The Morgan fingerprint density at radius 3 is 1.53 bits per heavy atom. The van der Waals surface area contributed by atoms with Gasteiger partial charge in [0.25, 0.3) is 0 Å². The van der Waals surface area contributed by atoms with E-state index in [4.69, 9.17) is 9.47 Å². The second-order valence-electron chi connectivity index (χ2n) is 9.46. The molecule has 8 atom stereocenters. The lowest BCUT2D eigenvalue weighted by atomic mass is 9.86. The van der Waals surface area contributed by atoms with Crippen LogP contribution in [-0.4, -0.2) is 45.6 Å². The summed E-state index contributed by atoms with van der Waals surface area (Å²) in [6, 6.07) is 0. The molecule has 6 aliphatic rings. The van der Waals surface area contributed by atoms with Gasteiger partial charge in [-0.3, -0.25) is 0 Å². The van der Waals surface area contributed by atoms with Crippen LogP contribution in [0.25, 0.3) is 0 Å². The smallest absolute Gasteiger partial charge is 0.337 e. The van der Waals surface area contributed by atoms with Crippen molar-refractivity contribution in [1.82, 2.24) is 0 Å². The van der Waals surface area contributed by atoms with Crippen molar-refractivity contribution < 1.29 is 29.3 Å². The van der Waals surface area contributed by atoms with E-state index in [0.717, 1.165) is 12.8 Å². The zero-order valence-electron chi connectivity index (χ0n) is 18.2. The van der Waals surface area contributed by atoms with E-state index in [1.54, 1.807) is 26.0 Å². The molecule has 0 saturated carbocycles. The molecule has 8 unspecified atom stereocenters. The van der Waals surface area contributed by atoms with Crippen molar-refractivity contribution in [3.8, 4) is 0 Å². The molecular weight excluding hydrogens is 408 g/mol. The Morgan fingerprint density at radius 1 is 0.781 bits per heavy atom. The highest BCUT2D eigenvalue weighted by Crippen LogP contribution is 2.48. The Balaban J connectivity index is 0.000000135. The minimum atomic E-state index is -0.760. The standard InChI is InChI=1S/2C13H14O3/c2*1-8(14)10-7-13(16-12(10)15)6-5-9-3-2-4-11(9)13/h2*2,4-9,11,14H,3H2,1H3. The third-order valence-corrected chi connectivity index (χ3v) is 7.35. The van der Waals surface area contributed by atoms with Gasteiger partial charge in [0, 0.05) is 11.8 Å². The third kappa shape index (κ3) is 3.16. The van der Waals surface area contributed by atoms with E-state index in [0.29, 0.717) is 23.0 Å². The molecule has 0 radical (unpaired) electrons. The van der Waals surface area contributed by atoms with Crippen molar-refractivity contribution in [3.63, 3.8) is 0 Å². The number of carbonyl (C=O) groups is 2. The summed E-state index contributed by atoms with van der Waals surface area (Å²) in [5.74, 6) is 0.538. The topological polar surface area (TPSA) is 93.1 Å². The van der Waals surface area contributed by atoms with Gasteiger partial charge in [-0.25, -0.2) is 9.59 Å². The van der Waals surface area contributed by atoms with Crippen LogP contribution in [-0.2, 0) is 19.1 Å². The average Bonchev–Trinajstić information content (AvgIpc) is 3.52. The number of hydrogen-bond donors (Lipinski definition) is 2. The molecule has 6 rings (SSSR count). The summed E-state index contributed by atoms with van der Waals surface area (Å²) >= 11 is 0. The van der Waals surface area contributed by atoms with Gasteiger partial charge in [0.05, 0.1) is 23.4 Å². The second kappa shape index (κ2) is 7.42. The number of hydrogen-bond acceptors (Lipinski definition) is 6. The SMILES string of the molecule is CC(O)C1=CC2(C=CC3CC=CC32)OC1=O.CC(O)C1=CC2(C=CC3CC=CC32)OC1=O. The number of aliphatic hydroxyl groups excluding tert-OH is 2. The van der Waals surface area contributed by atoms with Crippen LogP contribution in [0.15, 0.2) is 71.9 Å². The van der Waals surface area contributed by atoms with Gasteiger partial charge >= 0.3 is 11.9 Å². The summed E-state index contributed by atoms with van der Waals surface area (Å²) < 4.78 is 10.9. The van der Waals surface area contributed by atoms with E-state index in [1.807, 2.05) is 12.2 Å². The Kier molecular flexibility index (Phi) is 4.91. The maximum atomic E-state index is 11.7. The van der Waals surface area contributed by atoms with E-state index >= 15 is 0 Å². The van der Waals surface area contributed by atoms with Crippen LogP contribution in [0.1, 0.15) is 26.7 Å². The maximum Gasteiger partial charge on any atom is 0.337 e. The highest BCUT2D eigenvalue weighted by Gasteiger charge is 2.52. The molecule has 0 fully saturated rings. The number of ether oxygens (including phenoxy) is 2. The summed E-state index contributed by atoms with van der Waals surface area (Å²) in [5.41, 5.74) is -0.487. The van der Waals surface area contributed by atoms with Crippen LogP contribution >= 0.6 is 0 Å². The number of carbonyl (C=O) groups excluding carboxylic acids is 2. The van der Waals surface area contributed by atoms with Crippen LogP contribution in [0.3, 0.4) is 0 Å². The highest BCUT2D eigenvalue weighted by molar-refractivity contribution is 5.93. The van der Waals surface area contributed by atoms with Crippen molar-refractivity contribution in [1.29, 1.82) is 0 Å². The first-order chi connectivity index (χ1) is 15.2. The first-order valence-corrected chi connectivity index (χ1v) is 11.2. The van der Waals surface area contributed by atoms with Crippen LogP contribution in [0.2, 0.25) is 0 Å². The fourth-order valence-corrected chi connectivity index (χ4v) is 5.66. The quantitative estimate of drug-likeness (QED) is 0.511. The largest absolute Gasteiger partial charge is 0.446 e. The Morgan fingerprint density at radius 2 is 1.19 bits per heavy atom. The molecule has 2 aliphatic heterocycles. The monoisotopic (exact) mass is 436 g/mol. The van der Waals surface area contributed by atoms with E-state index in [-0.39, 0.29) is 23.8 Å². The van der Waals surface area contributed by atoms with Crippen molar-refractivity contribution in [2.45, 2.75) is 50.1 Å². The summed E-state index contributed by atoms with van der Waals surface area (Å²) in [5, 5.41) is 19.0. The molecule has 6 nitrogen and oxygen atoms in total. The maximum absolute atomic E-state index is 11.7. The van der Waals surface area contributed by atoms with E-state index < -0.39 is 23.4 Å². The zero-order chi connectivity index (χ0) is 22.7. The molecular formula is C26H28O6. The molecule has 2 spiro atoms. The van der Waals surface area contributed by atoms with Gasteiger partial charge in [-0.2, -0.15) is 0 Å². The van der Waals surface area contributed by atoms with E-state index in [1.165, 1.54) is 0 Å². The molecule has 0 bridgehead atoms. The van der Waals surface area contributed by atoms with Crippen LogP contribution in [0.4, 0.5) is 0 Å². The van der Waals surface area contributed by atoms with Gasteiger partial charge in [0.2, 0.25) is 0 Å². The lowest BCUT2D eigenvalue weighted by Gasteiger charge is -2.26. The molecule has 0 aromatic heterocycles. The molecule has 0 amide bonds. The average molecular weight is 437 g/mol. The number of fused-ring (bicyclic) bond motifs is 4. The normalized spacial score (nSPS) is 41.4. The first kappa shape index (κ1) is 21.2. The highest BCUT2D eigenvalue weighted by atomic mass is 16.6. The fraction of sp³-hybridized carbons (Fsp3) is 0.462. The van der Waals surface area contributed by atoms with Gasteiger partial charge in [0.1, 0.15) is 0 Å². The number of aliphatic hydroxyl groups is 2. The minimum Gasteiger partial charge on any atom is -0.446 e. The molecule has 0 aromatic carbocycles. The fourth-order valence-electron chi connectivity index (χ4n) is 5.66.